The van der Waals surface area contributed by atoms with E-state index in [1.165, 1.54) is 11.8 Å². The third kappa shape index (κ3) is 11.1. The van der Waals surface area contributed by atoms with E-state index >= 15 is 0 Å². The van der Waals surface area contributed by atoms with E-state index in [-0.39, 0.29) is 63.8 Å². The van der Waals surface area contributed by atoms with Crippen LogP contribution < -0.4 is 43.9 Å². The standard InChI is InChI=1S/C38H51N13O9/c1-21(52)31(35(56)44-23-13-14-27-22(18-23)20-50-32(45-27)24-8-2-3-9-25(24)36(50)57)47-33(54)28(11-4-5-15-42-30(53)19-39)46-34(55)29-12-7-17-49(29)37(58)26(40)10-6-16-43-38(41)48-51(59)60/h2-3,8-9,13-14,18,21,26,28-29,31,52H,4-7,10-12,15-17,19-20,39-40H2,1H3,(H,42,53)(H,44,56)(H,46,55)(H,47,54)(H3,41,43,48)/t21-,26+,28+,29+,31+/m1/s1. The topological polar surface area (TPSA) is 335 Å². The maximum absolute atomic E-state index is 13.9. The Morgan fingerprint density at radius 3 is 2.52 bits per heavy atom. The molecule has 0 aliphatic carbocycles. The van der Waals surface area contributed by atoms with Gasteiger partial charge in [-0.15, -0.1) is 0 Å². The lowest BCUT2D eigenvalue weighted by molar-refractivity contribution is -0.525. The number of carbonyl (C=O) groups excluding carboxylic acids is 6. The van der Waals surface area contributed by atoms with E-state index in [0.717, 1.165) is 5.56 Å². The van der Waals surface area contributed by atoms with E-state index in [9.17, 15) is 44.0 Å². The van der Waals surface area contributed by atoms with Crippen molar-refractivity contribution in [3.63, 3.8) is 0 Å². The number of rotatable bonds is 19. The van der Waals surface area contributed by atoms with Gasteiger partial charge in [0.15, 0.2) is 5.03 Å². The van der Waals surface area contributed by atoms with Crippen molar-refractivity contribution in [3.05, 3.63) is 69.3 Å². The molecule has 22 heteroatoms. The first kappa shape index (κ1) is 44.6. The maximum Gasteiger partial charge on any atom is 0.260 e. The number of anilines is 1. The molecule has 22 nitrogen and oxygen atoms in total. The Kier molecular flexibility index (Phi) is 15.2. The number of nitrogens with two attached hydrogens (primary N) is 3. The normalized spacial score (nSPS) is 17.5. The summed E-state index contributed by atoms with van der Waals surface area (Å²) < 4.78 is 0. The number of hydrogen-bond donors (Lipinski definition) is 9. The number of nitrogens with one attached hydrogen (secondary N) is 5. The molecule has 0 unspecified atom stereocenters. The first-order valence-electron chi connectivity index (χ1n) is 19.6. The molecule has 0 radical (unpaired) electrons. The molecular weight excluding hydrogens is 782 g/mol. The lowest BCUT2D eigenvalue weighted by Gasteiger charge is -2.29. The fourth-order valence-corrected chi connectivity index (χ4v) is 7.17. The third-order valence-corrected chi connectivity index (χ3v) is 10.2. The van der Waals surface area contributed by atoms with Crippen molar-refractivity contribution in [1.29, 1.82) is 0 Å². The molecule has 3 aliphatic heterocycles. The molecule has 322 valence electrons. The van der Waals surface area contributed by atoms with Gasteiger partial charge in [0, 0.05) is 30.9 Å². The van der Waals surface area contributed by atoms with Crippen LogP contribution in [-0.4, -0.2) is 124 Å². The van der Waals surface area contributed by atoms with Gasteiger partial charge in [-0.3, -0.25) is 33.7 Å². The molecule has 5 atom stereocenters. The van der Waals surface area contributed by atoms with Gasteiger partial charge in [-0.2, -0.15) is 0 Å². The monoisotopic (exact) mass is 833 g/mol. The number of guanidine groups is 1. The van der Waals surface area contributed by atoms with E-state index in [2.05, 4.69) is 31.3 Å². The van der Waals surface area contributed by atoms with Gasteiger partial charge < -0.3 is 48.5 Å². The van der Waals surface area contributed by atoms with Gasteiger partial charge in [-0.05, 0) is 81.7 Å². The predicted octanol–water partition coefficient (Wildman–Crippen LogP) is -1.54. The smallest absolute Gasteiger partial charge is 0.260 e. The Balaban J connectivity index is 1.23. The maximum atomic E-state index is 13.9. The Morgan fingerprint density at radius 2 is 1.80 bits per heavy atom. The van der Waals surface area contributed by atoms with Crippen molar-refractivity contribution < 1.29 is 38.9 Å². The third-order valence-electron chi connectivity index (χ3n) is 10.2. The molecule has 2 aromatic rings. The van der Waals surface area contributed by atoms with Crippen molar-refractivity contribution in [2.45, 2.75) is 88.7 Å². The number of unbranched alkanes of at least 4 members (excludes halogenated alkanes) is 1. The number of hydrazine groups is 1. The minimum absolute atomic E-state index is 0.0649. The van der Waals surface area contributed by atoms with Crippen LogP contribution in [0.3, 0.4) is 0 Å². The molecule has 2 aromatic carbocycles. The molecule has 12 N–H and O–H groups in total. The summed E-state index contributed by atoms with van der Waals surface area (Å²) in [6.07, 6.45) is 0.684. The molecule has 0 aromatic heterocycles. The highest BCUT2D eigenvalue weighted by Gasteiger charge is 2.39. The summed E-state index contributed by atoms with van der Waals surface area (Å²) in [4.78, 5) is 101. The van der Waals surface area contributed by atoms with E-state index in [0.29, 0.717) is 54.0 Å². The number of likely N-dealkylation sites (tertiary alicyclic amines) is 1. The van der Waals surface area contributed by atoms with Gasteiger partial charge in [0.25, 0.3) is 11.9 Å². The first-order chi connectivity index (χ1) is 28.7. The van der Waals surface area contributed by atoms with E-state index in [1.54, 1.807) is 40.7 Å². The molecular formula is C38H51N13O9. The first-order valence-corrected chi connectivity index (χ1v) is 19.6. The van der Waals surface area contributed by atoms with Gasteiger partial charge in [-0.25, -0.2) is 20.1 Å². The van der Waals surface area contributed by atoms with Crippen LogP contribution in [0.25, 0.3) is 0 Å². The summed E-state index contributed by atoms with van der Waals surface area (Å²) in [5, 5.41) is 31.0. The van der Waals surface area contributed by atoms with Gasteiger partial charge in [0.05, 0.1) is 36.5 Å². The minimum atomic E-state index is -1.46. The number of benzene rings is 2. The Bertz CT molecular complexity index is 2040. The van der Waals surface area contributed by atoms with Crippen molar-refractivity contribution >= 4 is 58.6 Å². The van der Waals surface area contributed by atoms with Crippen LogP contribution in [0.2, 0.25) is 0 Å². The molecule has 1 saturated heterocycles. The highest BCUT2D eigenvalue weighted by Crippen LogP contribution is 2.35. The zero-order valence-corrected chi connectivity index (χ0v) is 33.1. The number of aliphatic imine (C=N–C) groups is 2. The number of amides is 6. The number of aliphatic hydroxyl groups is 1. The summed E-state index contributed by atoms with van der Waals surface area (Å²) in [6.45, 7) is 1.91. The number of amidine groups is 1. The second kappa shape index (κ2) is 20.4. The summed E-state index contributed by atoms with van der Waals surface area (Å²) in [5.41, 5.74) is 21.6. The lowest BCUT2D eigenvalue weighted by Crippen LogP contribution is -2.58. The summed E-state index contributed by atoms with van der Waals surface area (Å²) in [6, 6.07) is 7.54. The predicted molar refractivity (Wildman–Crippen MR) is 218 cm³/mol. The summed E-state index contributed by atoms with van der Waals surface area (Å²) in [7, 11) is 0. The fraction of sp³-hybridized carbons (Fsp3) is 0.474. The average Bonchev–Trinajstić information content (AvgIpc) is 3.82. The number of aliphatic hydroxyl groups excluding tert-OH is 1. The molecule has 0 saturated carbocycles. The van der Waals surface area contributed by atoms with Crippen LogP contribution in [0.1, 0.15) is 73.4 Å². The van der Waals surface area contributed by atoms with E-state index < -0.39 is 64.9 Å². The van der Waals surface area contributed by atoms with Crippen LogP contribution >= 0.6 is 0 Å². The zero-order chi connectivity index (χ0) is 43.5. The summed E-state index contributed by atoms with van der Waals surface area (Å²) in [5.74, 6) is -3.03. The fourth-order valence-electron chi connectivity index (χ4n) is 7.17. The van der Waals surface area contributed by atoms with Gasteiger partial charge in [0.2, 0.25) is 29.5 Å². The van der Waals surface area contributed by atoms with Crippen LogP contribution in [0, 0.1) is 10.1 Å². The Hall–Kier alpha value is -6.52. The number of fused-ring (bicyclic) bond motifs is 4. The Labute approximate surface area is 344 Å². The van der Waals surface area contributed by atoms with Gasteiger partial charge >= 0.3 is 0 Å². The average molecular weight is 834 g/mol. The molecule has 3 aliphatic rings. The quantitative estimate of drug-likeness (QED) is 0.0255. The SMILES string of the molecule is C[C@@H](O)[C@H](NC(=O)[C@H](CCCCNC(=O)CN)NC(=O)[C@@H]1CCCN1C(=O)[C@@H](N)CCCN=C(N)N[N+](=O)[O-])C(=O)Nc1ccc2c(c1)CN1C(=O)c3ccccc3C1=N2. The number of nitrogens with zero attached hydrogens (tertiary/aromatic N) is 5. The van der Waals surface area contributed by atoms with E-state index in [1.807, 2.05) is 12.1 Å². The highest BCUT2D eigenvalue weighted by molar-refractivity contribution is 6.24. The van der Waals surface area contributed by atoms with Crippen molar-refractivity contribution in [3.8, 4) is 0 Å². The second-order valence-corrected chi connectivity index (χ2v) is 14.6. The van der Waals surface area contributed by atoms with E-state index in [4.69, 9.17) is 17.2 Å². The van der Waals surface area contributed by atoms with Crippen molar-refractivity contribution in [2.24, 2.45) is 27.2 Å². The number of nitro groups is 1. The lowest BCUT2D eigenvalue weighted by atomic mass is 10.0. The number of hydrogen-bond acceptors (Lipinski definition) is 13. The number of carbonyl (C=O) groups is 6. The molecule has 1 fully saturated rings. The Morgan fingerprint density at radius 1 is 1.05 bits per heavy atom. The molecule has 3 heterocycles. The van der Waals surface area contributed by atoms with Crippen LogP contribution in [0.4, 0.5) is 11.4 Å². The van der Waals surface area contributed by atoms with Crippen LogP contribution in [0.5, 0.6) is 0 Å². The van der Waals surface area contributed by atoms with Crippen LogP contribution in [-0.2, 0) is 30.5 Å². The van der Waals surface area contributed by atoms with Gasteiger partial charge in [-0.1, -0.05) is 23.6 Å². The second-order valence-electron chi connectivity index (χ2n) is 14.6. The van der Waals surface area contributed by atoms with Gasteiger partial charge in [0.1, 0.15) is 24.0 Å². The molecule has 0 bridgehead atoms. The highest BCUT2D eigenvalue weighted by atomic mass is 16.7. The molecule has 5 rings (SSSR count). The molecule has 60 heavy (non-hydrogen) atoms. The van der Waals surface area contributed by atoms with Crippen molar-refractivity contribution in [2.75, 3.05) is 31.5 Å². The van der Waals surface area contributed by atoms with Crippen molar-refractivity contribution in [1.82, 2.24) is 31.2 Å². The minimum Gasteiger partial charge on any atom is -0.391 e. The van der Waals surface area contributed by atoms with Crippen LogP contribution in [0.15, 0.2) is 52.4 Å². The largest absolute Gasteiger partial charge is 0.391 e. The molecule has 6 amide bonds. The summed E-state index contributed by atoms with van der Waals surface area (Å²) >= 11 is 0. The zero-order valence-electron chi connectivity index (χ0n) is 33.1. The molecule has 0 spiro atoms.